The molecule has 1 N–H and O–H groups in total. The third-order valence-corrected chi connectivity index (χ3v) is 3.09. The van der Waals surface area contributed by atoms with Crippen molar-refractivity contribution in [3.63, 3.8) is 0 Å². The van der Waals surface area contributed by atoms with Crippen LogP contribution in [0.3, 0.4) is 0 Å². The van der Waals surface area contributed by atoms with Gasteiger partial charge < -0.3 is 14.9 Å². The molecule has 1 aliphatic rings. The molecule has 1 fully saturated rings. The molecule has 0 saturated carbocycles. The largest absolute Gasteiger partial charge is 0.481 e. The lowest BCUT2D eigenvalue weighted by atomic mass is 9.93. The molecule has 1 aliphatic heterocycles. The second-order valence-electron chi connectivity index (χ2n) is 5.02. The van der Waals surface area contributed by atoms with Crippen LogP contribution in [0.15, 0.2) is 0 Å². The van der Waals surface area contributed by atoms with Crippen molar-refractivity contribution in [1.29, 1.82) is 0 Å². The van der Waals surface area contributed by atoms with Crippen LogP contribution in [-0.4, -0.2) is 60.5 Å². The Hall–Kier alpha value is -1.10. The Morgan fingerprint density at radius 2 is 2.12 bits per heavy atom. The lowest BCUT2D eigenvalue weighted by molar-refractivity contribution is -0.137. The number of carboxylic acids is 1. The van der Waals surface area contributed by atoms with Crippen molar-refractivity contribution in [2.24, 2.45) is 5.92 Å². The van der Waals surface area contributed by atoms with Crippen LogP contribution >= 0.6 is 0 Å². The van der Waals surface area contributed by atoms with E-state index in [9.17, 15) is 9.59 Å². The number of likely N-dealkylation sites (tertiary alicyclic amines) is 1. The van der Waals surface area contributed by atoms with Crippen LogP contribution in [0.1, 0.15) is 25.7 Å². The van der Waals surface area contributed by atoms with Crippen molar-refractivity contribution in [1.82, 2.24) is 9.80 Å². The zero-order valence-electron chi connectivity index (χ0n) is 10.7. The Labute approximate surface area is 102 Å². The molecule has 0 aromatic heterocycles. The number of amides is 1. The van der Waals surface area contributed by atoms with E-state index in [-0.39, 0.29) is 12.3 Å². The minimum Gasteiger partial charge on any atom is -0.481 e. The monoisotopic (exact) mass is 242 g/mol. The molecule has 98 valence electrons. The molecule has 0 aromatic carbocycles. The first kappa shape index (κ1) is 14.0. The highest BCUT2D eigenvalue weighted by Gasteiger charge is 2.23. The highest BCUT2D eigenvalue weighted by Crippen LogP contribution is 2.21. The zero-order chi connectivity index (χ0) is 12.8. The van der Waals surface area contributed by atoms with Crippen molar-refractivity contribution in [3.8, 4) is 0 Å². The van der Waals surface area contributed by atoms with Crippen LogP contribution < -0.4 is 0 Å². The fraction of sp³-hybridized carbons (Fsp3) is 0.833. The quantitative estimate of drug-likeness (QED) is 0.769. The lowest BCUT2D eigenvalue weighted by Crippen LogP contribution is -2.43. The van der Waals surface area contributed by atoms with E-state index in [1.807, 2.05) is 23.9 Å². The van der Waals surface area contributed by atoms with Crippen LogP contribution in [0.5, 0.6) is 0 Å². The van der Waals surface area contributed by atoms with Crippen LogP contribution in [0.2, 0.25) is 0 Å². The second kappa shape index (κ2) is 6.59. The lowest BCUT2D eigenvalue weighted by Gasteiger charge is -2.33. The molecule has 0 aromatic rings. The van der Waals surface area contributed by atoms with Gasteiger partial charge in [0, 0.05) is 19.5 Å². The normalized spacial score (nSPS) is 20.6. The zero-order valence-corrected chi connectivity index (χ0v) is 10.7. The summed E-state index contributed by atoms with van der Waals surface area (Å²) in [5.74, 6) is -0.247. The number of likely N-dealkylation sites (N-methyl/N-ethyl adjacent to an activating group) is 1. The number of rotatable bonds is 5. The van der Waals surface area contributed by atoms with Crippen molar-refractivity contribution in [2.75, 3.05) is 33.7 Å². The van der Waals surface area contributed by atoms with Gasteiger partial charge in [0.2, 0.25) is 5.91 Å². The van der Waals surface area contributed by atoms with E-state index in [2.05, 4.69) is 0 Å². The summed E-state index contributed by atoms with van der Waals surface area (Å²) in [6.07, 6.45) is 2.92. The van der Waals surface area contributed by atoms with E-state index in [1.54, 1.807) is 0 Å². The van der Waals surface area contributed by atoms with Gasteiger partial charge in [-0.15, -0.1) is 0 Å². The maximum Gasteiger partial charge on any atom is 0.303 e. The van der Waals surface area contributed by atoms with E-state index < -0.39 is 5.97 Å². The molecule has 0 bridgehead atoms. The molecule has 1 saturated heterocycles. The van der Waals surface area contributed by atoms with Gasteiger partial charge in [-0.3, -0.25) is 9.59 Å². The number of nitrogens with zero attached hydrogens (tertiary/aromatic N) is 2. The highest BCUT2D eigenvalue weighted by molar-refractivity contribution is 5.78. The Balaban J connectivity index is 2.37. The summed E-state index contributed by atoms with van der Waals surface area (Å²) in [5.41, 5.74) is 0. The topological polar surface area (TPSA) is 60.9 Å². The number of carbonyl (C=O) groups is 2. The van der Waals surface area contributed by atoms with Gasteiger partial charge in [0.15, 0.2) is 0 Å². The highest BCUT2D eigenvalue weighted by atomic mass is 16.4. The molecular weight excluding hydrogens is 220 g/mol. The van der Waals surface area contributed by atoms with Gasteiger partial charge in [-0.05, 0) is 39.3 Å². The Morgan fingerprint density at radius 1 is 1.41 bits per heavy atom. The molecule has 1 heterocycles. The summed E-state index contributed by atoms with van der Waals surface area (Å²) < 4.78 is 0. The molecule has 0 radical (unpaired) electrons. The third kappa shape index (κ3) is 5.17. The first-order valence-electron chi connectivity index (χ1n) is 6.13. The molecule has 5 nitrogen and oxygen atoms in total. The second-order valence-corrected chi connectivity index (χ2v) is 5.02. The Morgan fingerprint density at radius 3 is 2.71 bits per heavy atom. The number of aliphatic carboxylic acids is 1. The first-order chi connectivity index (χ1) is 7.99. The molecule has 1 rings (SSSR count). The number of hydrogen-bond donors (Lipinski definition) is 1. The fourth-order valence-electron chi connectivity index (χ4n) is 2.23. The van der Waals surface area contributed by atoms with Gasteiger partial charge in [-0.2, -0.15) is 0 Å². The predicted octanol–water partition coefficient (Wildman–Crippen LogP) is 0.651. The van der Waals surface area contributed by atoms with Crippen molar-refractivity contribution >= 4 is 11.9 Å². The first-order valence-corrected chi connectivity index (χ1v) is 6.13. The Bertz CT molecular complexity index is 279. The average molecular weight is 242 g/mol. The molecular formula is C12H22N2O3. The van der Waals surface area contributed by atoms with Crippen molar-refractivity contribution in [2.45, 2.75) is 25.7 Å². The van der Waals surface area contributed by atoms with E-state index in [0.717, 1.165) is 25.9 Å². The van der Waals surface area contributed by atoms with Gasteiger partial charge in [0.25, 0.3) is 0 Å². The van der Waals surface area contributed by atoms with Crippen molar-refractivity contribution < 1.29 is 14.7 Å². The van der Waals surface area contributed by atoms with Crippen molar-refractivity contribution in [3.05, 3.63) is 0 Å². The van der Waals surface area contributed by atoms with Gasteiger partial charge in [0.1, 0.15) is 0 Å². The fourth-order valence-corrected chi connectivity index (χ4v) is 2.23. The average Bonchev–Trinajstić information content (AvgIpc) is 2.26. The maximum absolute atomic E-state index is 11.9. The summed E-state index contributed by atoms with van der Waals surface area (Å²) in [5, 5.41) is 8.65. The minimum atomic E-state index is -0.748. The molecule has 5 heteroatoms. The number of hydrogen-bond acceptors (Lipinski definition) is 3. The molecule has 1 amide bonds. The molecule has 1 unspecified atom stereocenters. The summed E-state index contributed by atoms with van der Waals surface area (Å²) in [6.45, 7) is 1.97. The van der Waals surface area contributed by atoms with Gasteiger partial charge in [-0.25, -0.2) is 0 Å². The van der Waals surface area contributed by atoms with Gasteiger partial charge in [-0.1, -0.05) is 0 Å². The van der Waals surface area contributed by atoms with E-state index in [4.69, 9.17) is 5.11 Å². The summed E-state index contributed by atoms with van der Waals surface area (Å²) >= 11 is 0. The van der Waals surface area contributed by atoms with E-state index in [1.165, 1.54) is 0 Å². The SMILES string of the molecule is CN(C)CC(=O)N1CCCC(CCC(=O)O)C1. The number of piperidine rings is 1. The molecule has 0 spiro atoms. The Kier molecular flexibility index (Phi) is 5.41. The predicted molar refractivity (Wildman–Crippen MR) is 64.7 cm³/mol. The minimum absolute atomic E-state index is 0.148. The van der Waals surface area contributed by atoms with Crippen LogP contribution in [0.25, 0.3) is 0 Å². The van der Waals surface area contributed by atoms with E-state index in [0.29, 0.717) is 18.9 Å². The van der Waals surface area contributed by atoms with Crippen LogP contribution in [0, 0.1) is 5.92 Å². The van der Waals surface area contributed by atoms with Gasteiger partial charge in [0.05, 0.1) is 6.54 Å². The summed E-state index contributed by atoms with van der Waals surface area (Å²) in [7, 11) is 3.76. The van der Waals surface area contributed by atoms with E-state index >= 15 is 0 Å². The number of carbonyl (C=O) groups excluding carboxylic acids is 1. The standard InChI is InChI=1S/C12H22N2O3/c1-13(2)9-11(15)14-7-3-4-10(8-14)5-6-12(16)17/h10H,3-9H2,1-2H3,(H,16,17). The molecule has 0 aliphatic carbocycles. The molecule has 17 heavy (non-hydrogen) atoms. The smallest absolute Gasteiger partial charge is 0.303 e. The van der Waals surface area contributed by atoms with Gasteiger partial charge >= 0.3 is 5.97 Å². The maximum atomic E-state index is 11.9. The number of carboxylic acid groups (broad SMARTS) is 1. The van der Waals surface area contributed by atoms with Crippen LogP contribution in [0.4, 0.5) is 0 Å². The molecule has 1 atom stereocenters. The van der Waals surface area contributed by atoms with Crippen LogP contribution in [-0.2, 0) is 9.59 Å². The third-order valence-electron chi connectivity index (χ3n) is 3.09. The summed E-state index contributed by atoms with van der Waals surface area (Å²) in [4.78, 5) is 26.1. The summed E-state index contributed by atoms with van der Waals surface area (Å²) in [6, 6.07) is 0.